The van der Waals surface area contributed by atoms with Gasteiger partial charge in [0.2, 0.25) is 0 Å². The molecule has 0 fully saturated rings. The third kappa shape index (κ3) is 4.10. The molecule has 8 nitrogen and oxygen atoms in total. The van der Waals surface area contributed by atoms with E-state index in [2.05, 4.69) is 0 Å². The highest BCUT2D eigenvalue weighted by atomic mass is 32.2. The Hall–Kier alpha value is -2.14. The Bertz CT molecular complexity index is 928. The first kappa shape index (κ1) is 19.2. The number of phenols is 2. The van der Waals surface area contributed by atoms with Gasteiger partial charge in [0.05, 0.1) is 0 Å². The maximum absolute atomic E-state index is 11.3. The van der Waals surface area contributed by atoms with Crippen molar-refractivity contribution in [2.45, 2.75) is 29.1 Å². The van der Waals surface area contributed by atoms with E-state index in [0.717, 1.165) is 24.3 Å². The van der Waals surface area contributed by atoms with Crippen LogP contribution in [0.5, 0.6) is 11.5 Å². The molecule has 0 aliphatic rings. The number of aromatic hydroxyl groups is 2. The molecule has 2 aromatic rings. The predicted octanol–water partition coefficient (Wildman–Crippen LogP) is 2.13. The minimum absolute atomic E-state index is 0.389. The van der Waals surface area contributed by atoms with Crippen LogP contribution in [0.2, 0.25) is 0 Å². The maximum Gasteiger partial charge on any atom is 0.298 e. The lowest BCUT2D eigenvalue weighted by Crippen LogP contribution is -2.06. The first-order valence-electron chi connectivity index (χ1n) is 7.06. The van der Waals surface area contributed by atoms with Crippen molar-refractivity contribution in [3.63, 3.8) is 0 Å². The fourth-order valence-electron chi connectivity index (χ4n) is 2.57. The summed E-state index contributed by atoms with van der Waals surface area (Å²) < 4.78 is 63.7. The summed E-state index contributed by atoms with van der Waals surface area (Å²) in [6.07, 6.45) is 0.408. The van der Waals surface area contributed by atoms with Crippen molar-refractivity contribution < 1.29 is 36.2 Å². The van der Waals surface area contributed by atoms with Gasteiger partial charge in [-0.25, -0.2) is 0 Å². The maximum atomic E-state index is 11.3. The van der Waals surface area contributed by atoms with Gasteiger partial charge in [-0.15, -0.1) is 0 Å². The van der Waals surface area contributed by atoms with E-state index in [1.807, 2.05) is 0 Å². The second-order valence-corrected chi connectivity index (χ2v) is 8.15. The average molecular weight is 388 g/mol. The summed E-state index contributed by atoms with van der Waals surface area (Å²) in [7, 11) is -9.29. The van der Waals surface area contributed by atoms with E-state index in [4.69, 9.17) is 0 Å². The van der Waals surface area contributed by atoms with Crippen LogP contribution in [0.3, 0.4) is 0 Å². The van der Waals surface area contributed by atoms with E-state index in [0.29, 0.717) is 17.5 Å². The Morgan fingerprint density at radius 1 is 0.800 bits per heavy atom. The topological polar surface area (TPSA) is 149 Å². The minimum Gasteiger partial charge on any atom is -0.506 e. The number of phenolic OH excluding ortho intramolecular Hbond substituents is 2. The van der Waals surface area contributed by atoms with Gasteiger partial charge in [-0.1, -0.05) is 19.1 Å². The number of hydrogen-bond donors (Lipinski definition) is 4. The van der Waals surface area contributed by atoms with Crippen LogP contribution in [0, 0.1) is 0 Å². The van der Waals surface area contributed by atoms with Gasteiger partial charge >= 0.3 is 0 Å². The monoisotopic (exact) mass is 388 g/mol. The smallest absolute Gasteiger partial charge is 0.298 e. The van der Waals surface area contributed by atoms with Gasteiger partial charge in [-0.05, 0) is 41.8 Å². The summed E-state index contributed by atoms with van der Waals surface area (Å²) in [4.78, 5) is -1.34. The number of benzene rings is 2. The SMILES string of the molecule is CCC(c1ccc(O)c(S(=O)(=O)O)c1)c1ccc(O)c(S(=O)(=O)O)c1. The fourth-order valence-corrected chi connectivity index (χ4v) is 3.81. The Balaban J connectivity index is 2.63. The highest BCUT2D eigenvalue weighted by Gasteiger charge is 2.22. The molecule has 25 heavy (non-hydrogen) atoms. The summed E-state index contributed by atoms with van der Waals surface area (Å²) in [5.41, 5.74) is 0.778. The zero-order valence-corrected chi connectivity index (χ0v) is 14.6. The molecule has 2 aromatic carbocycles. The molecule has 0 bridgehead atoms. The lowest BCUT2D eigenvalue weighted by molar-refractivity contribution is 0.441. The quantitative estimate of drug-likeness (QED) is 0.569. The van der Waals surface area contributed by atoms with E-state index in [-0.39, 0.29) is 0 Å². The number of rotatable bonds is 5. The Labute approximate surface area is 144 Å². The molecule has 136 valence electrons. The van der Waals surface area contributed by atoms with Crippen molar-refractivity contribution in [2.24, 2.45) is 0 Å². The third-order valence-corrected chi connectivity index (χ3v) is 5.50. The molecular weight excluding hydrogens is 372 g/mol. The average Bonchev–Trinajstić information content (AvgIpc) is 2.48. The summed E-state index contributed by atoms with van der Waals surface area (Å²) >= 11 is 0. The fraction of sp³-hybridized carbons (Fsp3) is 0.200. The molecule has 0 radical (unpaired) electrons. The van der Waals surface area contributed by atoms with Gasteiger partial charge in [0, 0.05) is 5.92 Å². The summed E-state index contributed by atoms with van der Waals surface area (Å²) in [5.74, 6) is -1.75. The Kier molecular flexibility index (Phi) is 5.09. The third-order valence-electron chi connectivity index (χ3n) is 3.74. The van der Waals surface area contributed by atoms with Gasteiger partial charge in [-0.3, -0.25) is 9.11 Å². The molecule has 0 aliphatic carbocycles. The van der Waals surface area contributed by atoms with Crippen molar-refractivity contribution in [1.29, 1.82) is 0 Å². The molecule has 0 heterocycles. The van der Waals surface area contributed by atoms with E-state index in [1.165, 1.54) is 12.1 Å². The van der Waals surface area contributed by atoms with Crippen LogP contribution in [0.15, 0.2) is 46.2 Å². The molecule has 0 atom stereocenters. The molecule has 0 saturated heterocycles. The second kappa shape index (κ2) is 6.64. The normalized spacial score (nSPS) is 12.5. The highest BCUT2D eigenvalue weighted by Crippen LogP contribution is 2.35. The van der Waals surface area contributed by atoms with Crippen molar-refractivity contribution in [3.8, 4) is 11.5 Å². The molecule has 0 aliphatic heterocycles. The zero-order valence-electron chi connectivity index (χ0n) is 13.0. The van der Waals surface area contributed by atoms with Gasteiger partial charge in [0.15, 0.2) is 0 Å². The largest absolute Gasteiger partial charge is 0.506 e. The molecule has 2 rings (SSSR count). The molecular formula is C15H16O8S2. The summed E-state index contributed by atoms with van der Waals surface area (Å²) in [6.45, 7) is 1.75. The summed E-state index contributed by atoms with van der Waals surface area (Å²) in [5, 5.41) is 19.2. The first-order chi connectivity index (χ1) is 11.4. The molecule has 4 N–H and O–H groups in total. The van der Waals surface area contributed by atoms with E-state index >= 15 is 0 Å². The van der Waals surface area contributed by atoms with Gasteiger partial charge in [-0.2, -0.15) is 16.8 Å². The van der Waals surface area contributed by atoms with Crippen LogP contribution in [0.4, 0.5) is 0 Å². The van der Waals surface area contributed by atoms with Crippen molar-refractivity contribution in [1.82, 2.24) is 0 Å². The number of hydrogen-bond acceptors (Lipinski definition) is 6. The Morgan fingerprint density at radius 2 is 1.16 bits per heavy atom. The first-order valence-corrected chi connectivity index (χ1v) is 9.94. The van der Waals surface area contributed by atoms with E-state index in [1.54, 1.807) is 6.92 Å². The van der Waals surface area contributed by atoms with Crippen LogP contribution in [-0.2, 0) is 20.2 Å². The van der Waals surface area contributed by atoms with Crippen LogP contribution in [0.25, 0.3) is 0 Å². The van der Waals surface area contributed by atoms with Gasteiger partial charge in [0.25, 0.3) is 20.2 Å². The van der Waals surface area contributed by atoms with E-state index < -0.39 is 47.4 Å². The lowest BCUT2D eigenvalue weighted by Gasteiger charge is -2.18. The van der Waals surface area contributed by atoms with Crippen LogP contribution >= 0.6 is 0 Å². The molecule has 10 heteroatoms. The summed E-state index contributed by atoms with van der Waals surface area (Å²) in [6, 6.07) is 7.23. The standard InChI is InChI=1S/C15H16O8S2/c1-2-11(9-3-5-12(16)14(7-9)24(18,19)20)10-4-6-13(17)15(8-10)25(21,22)23/h3-8,11,16-17H,2H2,1H3,(H,18,19,20)(H,21,22,23). The van der Waals surface area contributed by atoms with E-state index in [9.17, 15) is 36.2 Å². The van der Waals surface area contributed by atoms with Crippen molar-refractivity contribution in [2.75, 3.05) is 0 Å². The molecule has 0 amide bonds. The Morgan fingerprint density at radius 3 is 1.44 bits per heavy atom. The zero-order chi connectivity index (χ0) is 19.0. The van der Waals surface area contributed by atoms with Crippen molar-refractivity contribution in [3.05, 3.63) is 47.5 Å². The minimum atomic E-state index is -4.64. The second-order valence-electron chi connectivity index (χ2n) is 5.37. The molecule has 0 saturated carbocycles. The molecule has 0 spiro atoms. The van der Waals surface area contributed by atoms with Crippen LogP contribution < -0.4 is 0 Å². The predicted molar refractivity (Wildman–Crippen MR) is 88.0 cm³/mol. The molecule has 0 aromatic heterocycles. The lowest BCUT2D eigenvalue weighted by atomic mass is 9.89. The van der Waals surface area contributed by atoms with Gasteiger partial charge in [0.1, 0.15) is 21.3 Å². The highest BCUT2D eigenvalue weighted by molar-refractivity contribution is 7.86. The molecule has 0 unspecified atom stereocenters. The van der Waals surface area contributed by atoms with Gasteiger partial charge < -0.3 is 10.2 Å². The van der Waals surface area contributed by atoms with Crippen molar-refractivity contribution >= 4 is 20.2 Å². The van der Waals surface area contributed by atoms with Crippen LogP contribution in [0.1, 0.15) is 30.4 Å². The van der Waals surface area contributed by atoms with Crippen LogP contribution in [-0.4, -0.2) is 36.2 Å².